The van der Waals surface area contributed by atoms with E-state index in [1.165, 1.54) is 22.3 Å². The first-order chi connectivity index (χ1) is 11.7. The second kappa shape index (κ2) is 8.96. The fourth-order valence-corrected chi connectivity index (χ4v) is 10.5. The zero-order chi connectivity index (χ0) is 16.7. The number of fused-ring (bicyclic) bond motifs is 2. The topological polar surface area (TPSA) is 0 Å². The van der Waals surface area contributed by atoms with E-state index in [1.54, 1.807) is 11.1 Å². The quantitative estimate of drug-likeness (QED) is 0.607. The van der Waals surface area contributed by atoms with Crippen LogP contribution in [0.4, 0.5) is 0 Å². The summed E-state index contributed by atoms with van der Waals surface area (Å²) >= 11 is -1.96. The maximum Gasteiger partial charge on any atom is -1.00 e. The third kappa shape index (κ3) is 3.51. The van der Waals surface area contributed by atoms with Crippen molar-refractivity contribution < 1.29 is 46.1 Å². The van der Waals surface area contributed by atoms with Crippen LogP contribution < -0.4 is 24.8 Å². The third-order valence-corrected chi connectivity index (χ3v) is 11.9. The molecule has 0 bridgehead atoms. The van der Waals surface area contributed by atoms with E-state index < -0.39 is 21.3 Å². The van der Waals surface area contributed by atoms with Gasteiger partial charge in [-0.2, -0.15) is 0 Å². The molecule has 0 saturated carbocycles. The van der Waals surface area contributed by atoms with Crippen molar-refractivity contribution >= 4 is 15.4 Å². The molecule has 0 N–H and O–H groups in total. The van der Waals surface area contributed by atoms with E-state index in [1.807, 2.05) is 0 Å². The largest absolute Gasteiger partial charge is 1.00 e. The Morgan fingerprint density at radius 1 is 0.731 bits per heavy atom. The Morgan fingerprint density at radius 3 is 1.50 bits per heavy atom. The van der Waals surface area contributed by atoms with Crippen molar-refractivity contribution in [2.24, 2.45) is 0 Å². The number of rotatable bonds is 4. The van der Waals surface area contributed by atoms with Gasteiger partial charge in [0, 0.05) is 0 Å². The molecule has 0 spiro atoms. The number of allylic oxidation sites excluding steroid dienone is 4. The molecule has 3 heteroatoms. The Balaban J connectivity index is 0.00000121. The molecule has 26 heavy (non-hydrogen) atoms. The van der Waals surface area contributed by atoms with Gasteiger partial charge in [0.1, 0.15) is 0 Å². The van der Waals surface area contributed by atoms with Crippen LogP contribution in [0, 0.1) is 0 Å². The van der Waals surface area contributed by atoms with E-state index in [0.29, 0.717) is 7.25 Å². The first kappa shape index (κ1) is 21.6. The van der Waals surface area contributed by atoms with Gasteiger partial charge in [-0.05, 0) is 0 Å². The van der Waals surface area contributed by atoms with E-state index >= 15 is 0 Å². The van der Waals surface area contributed by atoms with Crippen LogP contribution in [0.15, 0.2) is 60.7 Å². The van der Waals surface area contributed by atoms with Crippen molar-refractivity contribution in [2.45, 2.75) is 33.9 Å². The summed E-state index contributed by atoms with van der Waals surface area (Å²) in [6, 6.07) is 18.0. The van der Waals surface area contributed by atoms with Crippen molar-refractivity contribution in [2.75, 3.05) is 0 Å². The molecule has 0 aliphatic heterocycles. The van der Waals surface area contributed by atoms with Crippen LogP contribution in [0.5, 0.6) is 0 Å². The molecule has 0 aromatic heterocycles. The molecular weight excluding hydrogens is 438 g/mol. The minimum Gasteiger partial charge on any atom is -1.00 e. The molecule has 0 nitrogen and oxygen atoms in total. The Hall–Kier alpha value is -0.747. The SMILES string of the molecule is [CH2]=[Zr+2]([CH]1C=C(CC)c2ccccc21)[CH]1C=C(CC)c2ccccc21.[Cl-].[Cl-]. The summed E-state index contributed by atoms with van der Waals surface area (Å²) < 4.78 is 6.07. The van der Waals surface area contributed by atoms with Crippen LogP contribution in [0.3, 0.4) is 0 Å². The molecule has 0 heterocycles. The molecule has 0 radical (unpaired) electrons. The second-order valence-electron chi connectivity index (χ2n) is 6.80. The summed E-state index contributed by atoms with van der Waals surface area (Å²) in [5, 5.41) is 0. The monoisotopic (exact) mass is 460 g/mol. The van der Waals surface area contributed by atoms with Crippen molar-refractivity contribution in [1.82, 2.24) is 0 Å². The number of halogens is 2. The molecule has 2 unspecified atom stereocenters. The first-order valence-corrected chi connectivity index (χ1v) is 13.6. The summed E-state index contributed by atoms with van der Waals surface area (Å²) in [5.41, 5.74) is 9.13. The number of benzene rings is 2. The second-order valence-corrected chi connectivity index (χ2v) is 12.7. The molecule has 2 atom stereocenters. The number of hydrogen-bond acceptors (Lipinski definition) is 0. The van der Waals surface area contributed by atoms with Crippen LogP contribution in [0.1, 0.15) is 56.2 Å². The third-order valence-electron chi connectivity index (χ3n) is 5.58. The average Bonchev–Trinajstić information content (AvgIpc) is 3.20. The van der Waals surface area contributed by atoms with Crippen molar-refractivity contribution in [3.05, 3.63) is 82.9 Å². The maximum atomic E-state index is 4.84. The van der Waals surface area contributed by atoms with Crippen molar-refractivity contribution in [3.8, 4) is 0 Å². The van der Waals surface area contributed by atoms with Gasteiger partial charge in [0.15, 0.2) is 0 Å². The van der Waals surface area contributed by atoms with Gasteiger partial charge in [-0.25, -0.2) is 0 Å². The predicted molar refractivity (Wildman–Crippen MR) is 102 cm³/mol. The normalized spacial score (nSPS) is 19.1. The van der Waals surface area contributed by atoms with Gasteiger partial charge in [-0.3, -0.25) is 0 Å². The molecule has 2 aromatic rings. The molecular formula is C23H24Cl2Zr. The van der Waals surface area contributed by atoms with Crippen molar-refractivity contribution in [1.29, 1.82) is 0 Å². The fraction of sp³-hybridized carbons (Fsp3) is 0.261. The molecule has 0 fully saturated rings. The molecule has 2 aliphatic rings. The van der Waals surface area contributed by atoms with E-state index in [9.17, 15) is 0 Å². The molecule has 0 amide bonds. The summed E-state index contributed by atoms with van der Waals surface area (Å²) in [7, 11) is 0. The van der Waals surface area contributed by atoms with Crippen LogP contribution in [0.2, 0.25) is 0 Å². The standard InChI is InChI=1S/2C11H11.CH2.2ClH.Zr/c2*1-2-9-7-8-10-5-3-4-6-11(9)10;;;;/h2*3-8H,2H2,1H3;1H2;2*1H;/q;;;;;+2/p-2. The summed E-state index contributed by atoms with van der Waals surface area (Å²) in [6.45, 7) is 4.55. The fourth-order valence-electron chi connectivity index (χ4n) is 4.31. The summed E-state index contributed by atoms with van der Waals surface area (Å²) in [4.78, 5) is 0. The van der Waals surface area contributed by atoms with E-state index in [-0.39, 0.29) is 24.8 Å². The van der Waals surface area contributed by atoms with Gasteiger partial charge in [0.2, 0.25) is 0 Å². The van der Waals surface area contributed by atoms with Crippen LogP contribution in [0.25, 0.3) is 11.1 Å². The minimum atomic E-state index is -1.96. The summed E-state index contributed by atoms with van der Waals surface area (Å²) in [5.74, 6) is 0. The number of hydrogen-bond donors (Lipinski definition) is 0. The smallest absolute Gasteiger partial charge is 1.00 e. The molecule has 4 rings (SSSR count). The summed E-state index contributed by atoms with van der Waals surface area (Å²) in [6.07, 6.45) is 7.38. The van der Waals surface area contributed by atoms with Crippen LogP contribution in [-0.4, -0.2) is 4.21 Å². The van der Waals surface area contributed by atoms with Gasteiger partial charge in [-0.1, -0.05) is 0 Å². The molecule has 134 valence electrons. The van der Waals surface area contributed by atoms with Gasteiger partial charge in [-0.15, -0.1) is 0 Å². The van der Waals surface area contributed by atoms with E-state index in [0.717, 1.165) is 12.8 Å². The maximum absolute atomic E-state index is 4.84. The Bertz CT molecular complexity index is 808. The Morgan fingerprint density at radius 2 is 1.12 bits per heavy atom. The molecule has 0 saturated heterocycles. The van der Waals surface area contributed by atoms with Crippen LogP contribution in [-0.2, 0) is 21.3 Å². The van der Waals surface area contributed by atoms with Gasteiger partial charge < -0.3 is 24.8 Å². The minimum absolute atomic E-state index is 0. The van der Waals surface area contributed by atoms with E-state index in [4.69, 9.17) is 4.21 Å². The average molecular weight is 463 g/mol. The Labute approximate surface area is 177 Å². The zero-order valence-electron chi connectivity index (χ0n) is 15.3. The molecule has 2 aliphatic carbocycles. The van der Waals surface area contributed by atoms with Crippen LogP contribution >= 0.6 is 0 Å². The van der Waals surface area contributed by atoms with E-state index in [2.05, 4.69) is 74.5 Å². The first-order valence-electron chi connectivity index (χ1n) is 9.03. The predicted octanol–water partition coefficient (Wildman–Crippen LogP) is 0.141. The molecule has 2 aromatic carbocycles. The van der Waals surface area contributed by atoms with Gasteiger partial charge >= 0.3 is 154 Å². The van der Waals surface area contributed by atoms with Crippen molar-refractivity contribution in [3.63, 3.8) is 0 Å². The Kier molecular flexibility index (Phi) is 7.43. The van der Waals surface area contributed by atoms with Gasteiger partial charge in [0.05, 0.1) is 0 Å². The van der Waals surface area contributed by atoms with Gasteiger partial charge in [0.25, 0.3) is 0 Å². The zero-order valence-corrected chi connectivity index (χ0v) is 19.3.